The second kappa shape index (κ2) is 4.28. The highest BCUT2D eigenvalue weighted by Gasteiger charge is 2.02. The Labute approximate surface area is 92.1 Å². The molecule has 0 unspecified atom stereocenters. The molecule has 1 aromatic heterocycles. The van der Waals surface area contributed by atoms with Crippen molar-refractivity contribution in [2.24, 2.45) is 0 Å². The average Bonchev–Trinajstić information content (AvgIpc) is 2.78. The van der Waals surface area contributed by atoms with E-state index in [9.17, 15) is 4.79 Å². The van der Waals surface area contributed by atoms with E-state index >= 15 is 0 Å². The van der Waals surface area contributed by atoms with Gasteiger partial charge in [-0.3, -0.25) is 4.79 Å². The van der Waals surface area contributed by atoms with Crippen molar-refractivity contribution in [2.75, 3.05) is 7.11 Å². The summed E-state index contributed by atoms with van der Waals surface area (Å²) < 4.78 is 5.07. The molecule has 0 aliphatic carbocycles. The highest BCUT2D eigenvalue weighted by Crippen LogP contribution is 2.26. The molecule has 2 rings (SSSR count). The topological polar surface area (TPSA) is 26.3 Å². The summed E-state index contributed by atoms with van der Waals surface area (Å²) in [4.78, 5) is 11.0. The Hall–Kier alpha value is -1.61. The minimum absolute atomic E-state index is 0.626. The van der Waals surface area contributed by atoms with Crippen LogP contribution in [-0.4, -0.2) is 13.4 Å². The molecule has 1 aromatic carbocycles. The molecule has 2 nitrogen and oxygen atoms in total. The molecule has 0 saturated carbocycles. The van der Waals surface area contributed by atoms with Crippen molar-refractivity contribution in [3.63, 3.8) is 0 Å². The van der Waals surface area contributed by atoms with Crippen molar-refractivity contribution in [1.82, 2.24) is 0 Å². The van der Waals surface area contributed by atoms with Crippen molar-refractivity contribution in [3.05, 3.63) is 40.6 Å². The standard InChI is InChI=1S/C12H9O2S/c1-14-11-4-2-9(3-5-11)10-6-12(7-13)15-8-10/h2-6,8H,1H3. The third kappa shape index (κ3) is 2.07. The van der Waals surface area contributed by atoms with Crippen LogP contribution in [0.2, 0.25) is 0 Å². The molecule has 0 amide bonds. The van der Waals surface area contributed by atoms with E-state index < -0.39 is 0 Å². The molecule has 0 bridgehead atoms. The number of hydrogen-bond acceptors (Lipinski definition) is 3. The lowest BCUT2D eigenvalue weighted by molar-refractivity contribution is 0.415. The predicted octanol–water partition coefficient (Wildman–Crippen LogP) is 2.88. The number of carbonyl (C=O) groups excluding carboxylic acids is 1. The third-order valence-electron chi connectivity index (χ3n) is 2.12. The van der Waals surface area contributed by atoms with Crippen LogP contribution < -0.4 is 4.74 Å². The lowest BCUT2D eigenvalue weighted by Crippen LogP contribution is -1.81. The van der Waals surface area contributed by atoms with Crippen LogP contribution >= 0.6 is 11.3 Å². The summed E-state index contributed by atoms with van der Waals surface area (Å²) in [6.45, 7) is 0. The first-order valence-electron chi connectivity index (χ1n) is 4.44. The van der Waals surface area contributed by atoms with Crippen molar-refractivity contribution in [1.29, 1.82) is 0 Å². The second-order valence-corrected chi connectivity index (χ2v) is 3.94. The largest absolute Gasteiger partial charge is 0.497 e. The van der Waals surface area contributed by atoms with Gasteiger partial charge in [-0.2, -0.15) is 0 Å². The summed E-state index contributed by atoms with van der Waals surface area (Å²) in [7, 11) is 1.64. The van der Waals surface area contributed by atoms with Gasteiger partial charge in [-0.05, 0) is 34.7 Å². The number of thiophene rings is 1. The number of benzene rings is 1. The molecule has 75 valence electrons. The molecule has 0 spiro atoms. The number of hydrogen-bond donors (Lipinski definition) is 0. The van der Waals surface area contributed by atoms with Gasteiger partial charge in [-0.1, -0.05) is 12.1 Å². The minimum Gasteiger partial charge on any atom is -0.497 e. The van der Waals surface area contributed by atoms with Gasteiger partial charge in [0.25, 0.3) is 0 Å². The van der Waals surface area contributed by atoms with Crippen LogP contribution in [0.3, 0.4) is 0 Å². The first-order valence-corrected chi connectivity index (χ1v) is 5.32. The summed E-state index contributed by atoms with van der Waals surface area (Å²) in [6, 6.07) is 9.57. The Morgan fingerprint density at radius 1 is 1.20 bits per heavy atom. The minimum atomic E-state index is 0.626. The maximum absolute atomic E-state index is 10.4. The van der Waals surface area contributed by atoms with E-state index in [1.54, 1.807) is 7.11 Å². The number of rotatable bonds is 3. The third-order valence-corrected chi connectivity index (χ3v) is 2.95. The van der Waals surface area contributed by atoms with Gasteiger partial charge in [-0.25, -0.2) is 0 Å². The van der Waals surface area contributed by atoms with Crippen molar-refractivity contribution < 1.29 is 9.53 Å². The van der Waals surface area contributed by atoms with Crippen LogP contribution in [0.5, 0.6) is 5.75 Å². The fourth-order valence-electron chi connectivity index (χ4n) is 1.32. The number of methoxy groups -OCH3 is 1. The first kappa shape index (κ1) is 9.93. The Morgan fingerprint density at radius 3 is 2.47 bits per heavy atom. The molecular weight excluding hydrogens is 208 g/mol. The van der Waals surface area contributed by atoms with Crippen molar-refractivity contribution in [2.45, 2.75) is 0 Å². The zero-order chi connectivity index (χ0) is 10.7. The second-order valence-electron chi connectivity index (χ2n) is 3.03. The van der Waals surface area contributed by atoms with E-state index in [1.165, 1.54) is 11.3 Å². The molecule has 0 fully saturated rings. The highest BCUT2D eigenvalue weighted by molar-refractivity contribution is 7.12. The lowest BCUT2D eigenvalue weighted by Gasteiger charge is -2.00. The molecule has 1 heterocycles. The van der Waals surface area contributed by atoms with E-state index in [1.807, 2.05) is 42.0 Å². The maximum atomic E-state index is 10.4. The molecule has 0 aliphatic heterocycles. The van der Waals surface area contributed by atoms with Crippen LogP contribution in [0.1, 0.15) is 4.88 Å². The molecule has 0 aliphatic rings. The number of ether oxygens (including phenoxy) is 1. The van der Waals surface area contributed by atoms with Gasteiger partial charge >= 0.3 is 0 Å². The zero-order valence-electron chi connectivity index (χ0n) is 8.19. The molecule has 0 atom stereocenters. The summed E-state index contributed by atoms with van der Waals surface area (Å²) >= 11 is 1.40. The van der Waals surface area contributed by atoms with Crippen LogP contribution in [0.25, 0.3) is 11.1 Å². The maximum Gasteiger partial charge on any atom is 0.244 e. The van der Waals surface area contributed by atoms with Crippen LogP contribution in [0.15, 0.2) is 35.7 Å². The highest BCUT2D eigenvalue weighted by atomic mass is 32.1. The zero-order valence-corrected chi connectivity index (χ0v) is 9.01. The smallest absolute Gasteiger partial charge is 0.244 e. The van der Waals surface area contributed by atoms with Gasteiger partial charge in [0.1, 0.15) is 5.75 Å². The first-order chi connectivity index (χ1) is 7.33. The van der Waals surface area contributed by atoms with Gasteiger partial charge < -0.3 is 4.74 Å². The molecule has 15 heavy (non-hydrogen) atoms. The van der Waals surface area contributed by atoms with Crippen molar-refractivity contribution >= 4 is 17.6 Å². The van der Waals surface area contributed by atoms with Gasteiger partial charge in [-0.15, -0.1) is 11.3 Å². The van der Waals surface area contributed by atoms with E-state index in [0.717, 1.165) is 16.9 Å². The average molecular weight is 217 g/mol. The Kier molecular flexibility index (Phi) is 2.83. The van der Waals surface area contributed by atoms with Gasteiger partial charge in [0.2, 0.25) is 6.29 Å². The molecule has 3 heteroatoms. The van der Waals surface area contributed by atoms with Gasteiger partial charge in [0.15, 0.2) is 0 Å². The van der Waals surface area contributed by atoms with Crippen molar-refractivity contribution in [3.8, 4) is 16.9 Å². The van der Waals surface area contributed by atoms with Crippen LogP contribution in [0, 0.1) is 0 Å². The summed E-state index contributed by atoms with van der Waals surface area (Å²) in [6.07, 6.45) is 1.88. The molecule has 0 N–H and O–H groups in total. The van der Waals surface area contributed by atoms with Gasteiger partial charge in [0.05, 0.1) is 12.0 Å². The Balaban J connectivity index is 2.32. The van der Waals surface area contributed by atoms with E-state index in [4.69, 9.17) is 4.74 Å². The normalized spacial score (nSPS) is 9.93. The van der Waals surface area contributed by atoms with Gasteiger partial charge in [0, 0.05) is 0 Å². The lowest BCUT2D eigenvalue weighted by atomic mass is 10.1. The quantitative estimate of drug-likeness (QED) is 0.790. The Bertz CT molecular complexity index is 457. The molecule has 2 aromatic rings. The fourth-order valence-corrected chi connectivity index (χ4v) is 2.03. The van der Waals surface area contributed by atoms with Crippen LogP contribution in [-0.2, 0) is 4.79 Å². The monoisotopic (exact) mass is 217 g/mol. The van der Waals surface area contributed by atoms with E-state index in [-0.39, 0.29) is 0 Å². The molecular formula is C12H9O2S. The van der Waals surface area contributed by atoms with Crippen LogP contribution in [0.4, 0.5) is 0 Å². The van der Waals surface area contributed by atoms with E-state index in [0.29, 0.717) is 4.88 Å². The summed E-state index contributed by atoms with van der Waals surface area (Å²) in [5.41, 5.74) is 2.12. The fraction of sp³-hybridized carbons (Fsp3) is 0.0833. The molecule has 0 saturated heterocycles. The molecule has 1 radical (unpaired) electrons. The SMILES string of the molecule is COc1ccc(-c2csc([C]=O)c2)cc1. The summed E-state index contributed by atoms with van der Waals surface area (Å²) in [5, 5.41) is 1.95. The predicted molar refractivity (Wildman–Crippen MR) is 61.1 cm³/mol. The Morgan fingerprint density at radius 2 is 1.93 bits per heavy atom. The summed E-state index contributed by atoms with van der Waals surface area (Å²) in [5.74, 6) is 0.830. The van der Waals surface area contributed by atoms with E-state index in [2.05, 4.69) is 0 Å².